The van der Waals surface area contributed by atoms with E-state index in [9.17, 15) is 55.2 Å². The van der Waals surface area contributed by atoms with E-state index in [1.54, 1.807) is 13.8 Å². The molecule has 0 radical (unpaired) electrons. The van der Waals surface area contributed by atoms with Crippen molar-refractivity contribution in [2.45, 2.75) is 349 Å². The number of alkyl halides is 4. The molecule has 0 aromatic carbocycles. The third kappa shape index (κ3) is 38.0. The number of rotatable bonds is 42. The molecule has 816 valence electrons. The number of hydrogen-bond acceptors (Lipinski definition) is 29. The summed E-state index contributed by atoms with van der Waals surface area (Å²) in [4.78, 5) is 117. The molecular formula is C105H157Cl4N11O24S2. The maximum Gasteiger partial charge on any atom is 0.408 e. The average molecular weight is 2160 g/mol. The summed E-state index contributed by atoms with van der Waals surface area (Å²) in [6, 6.07) is 14.5. The zero-order valence-corrected chi connectivity index (χ0v) is 91.6. The molecule has 41 heteroatoms. The minimum Gasteiger partial charge on any atom is -0.467 e. The molecule has 4 amide bonds. The van der Waals surface area contributed by atoms with Crippen molar-refractivity contribution in [2.24, 2.45) is 23.7 Å². The largest absolute Gasteiger partial charge is 0.467 e. The first-order valence-electron chi connectivity index (χ1n) is 52.3. The second kappa shape index (κ2) is 57.7. The first-order valence-corrected chi connectivity index (χ1v) is 58.1. The number of ether oxygens (including phenoxy) is 12. The second-order valence-electron chi connectivity index (χ2n) is 42.1. The van der Waals surface area contributed by atoms with E-state index in [1.807, 2.05) is 13.8 Å². The normalized spacial score (nSPS) is 23.1. The van der Waals surface area contributed by atoms with Gasteiger partial charge in [-0.2, -0.15) is 8.61 Å². The van der Waals surface area contributed by atoms with Crippen molar-refractivity contribution in [1.29, 1.82) is 0 Å². The fraction of sp³-hybridized carbons (Fsp3) is 0.733. The molecule has 0 bridgehead atoms. The Bertz CT molecular complexity index is 4820. The first kappa shape index (κ1) is 119. The zero-order chi connectivity index (χ0) is 105. The summed E-state index contributed by atoms with van der Waals surface area (Å²) in [6.45, 7) is 10.0. The molecular weight excluding hydrogens is 2010 g/mol. The second-order valence-corrected chi connectivity index (χ2v) is 47.6. The molecule has 3 saturated heterocycles. The molecule has 12 aliphatic rings. The predicted octanol–water partition coefficient (Wildman–Crippen LogP) is 14.6. The van der Waals surface area contributed by atoms with Crippen LogP contribution in [0.1, 0.15) is 269 Å². The lowest BCUT2D eigenvalue weighted by Gasteiger charge is -2.45. The van der Waals surface area contributed by atoms with Gasteiger partial charge in [-0.3, -0.25) is 19.9 Å². The van der Waals surface area contributed by atoms with Gasteiger partial charge >= 0.3 is 48.3 Å². The number of pyridine rings is 4. The van der Waals surface area contributed by atoms with Gasteiger partial charge in [0.05, 0.1) is 102 Å². The molecule has 2 unspecified atom stereocenters. The molecule has 7 heterocycles. The van der Waals surface area contributed by atoms with Gasteiger partial charge in [0.15, 0.2) is 0 Å². The van der Waals surface area contributed by atoms with Crippen molar-refractivity contribution in [2.75, 3.05) is 117 Å². The molecule has 5 saturated carbocycles. The summed E-state index contributed by atoms with van der Waals surface area (Å²) in [6.07, 6.45) is 40.1. The lowest BCUT2D eigenvalue weighted by atomic mass is 9.79. The molecule has 16 rings (SSSR count). The molecule has 8 fully saturated rings. The Morgan fingerprint density at radius 1 is 0.356 bits per heavy atom. The standard InChI is InChI=1S/2C26H39N3O7S.C26H38N2O5.C25H37N3O5.2CH2Cl2/c2*1-26(16-29(17-26)37(3,32)33)36-25(31)28-23(24(30)34-2)12-13-35-21-14-18(15-21)8-10-20-11-9-19-6-4-5-7-22(19)27-20;1-26(13-5-14-26)33-25(30)28-23(24(29)31-2)12-15-32-21-16-18(17-21)8-10-20-11-9-19-6-3-4-7-22(19)27-20;1-25(15-26-16-25)33-24(30)28-22(23(29)31-2)11-12-32-20-13-17(14-20)7-9-19-10-8-18-5-3-4-6-21(18)27-19;2*2-1-3/h2*9,11,18,21,23H,4-8,10,12-17H2,1-3H3,(H,28,31);9,11,18,21,23H,3-8,10,12-17H2,1-2H3,(H,28,30);8,10,17,20,22,26H,3-7,9,11-16H2,1-2H3,(H,28,30);2*1H2/t18?,21?,23-;;18?,21?,23-;;;/m0.0.../s1. The van der Waals surface area contributed by atoms with Gasteiger partial charge in [0.1, 0.15) is 46.6 Å². The van der Waals surface area contributed by atoms with Crippen molar-refractivity contribution in [1.82, 2.24) is 55.1 Å². The summed E-state index contributed by atoms with van der Waals surface area (Å²) < 4.78 is 113. The number of sulfonamides is 2. The van der Waals surface area contributed by atoms with Crippen LogP contribution < -0.4 is 26.6 Å². The van der Waals surface area contributed by atoms with Crippen LogP contribution in [-0.4, -0.2) is 282 Å². The van der Waals surface area contributed by atoms with E-state index in [4.69, 9.17) is 123 Å². The van der Waals surface area contributed by atoms with Crippen molar-refractivity contribution >= 4 is 115 Å². The number of amides is 4. The number of hydrogen-bond donors (Lipinski definition) is 5. The minimum absolute atomic E-state index is 0.0800. The van der Waals surface area contributed by atoms with Gasteiger partial charge in [-0.15, -0.1) is 46.4 Å². The summed E-state index contributed by atoms with van der Waals surface area (Å²) in [5, 5.41) is 13.8. The van der Waals surface area contributed by atoms with Crippen molar-refractivity contribution in [3.8, 4) is 0 Å². The summed E-state index contributed by atoms with van der Waals surface area (Å²) in [5.41, 5.74) is 12.9. The van der Waals surface area contributed by atoms with Crippen LogP contribution in [0, 0.1) is 23.7 Å². The quantitative estimate of drug-likeness (QED) is 0.0156. The number of halogens is 4. The zero-order valence-electron chi connectivity index (χ0n) is 86.9. The van der Waals surface area contributed by atoms with Crippen LogP contribution >= 0.6 is 46.4 Å². The van der Waals surface area contributed by atoms with E-state index >= 15 is 0 Å². The Balaban J connectivity index is 0.000000182. The van der Waals surface area contributed by atoms with Crippen molar-refractivity contribution in [3.63, 3.8) is 0 Å². The molecule has 0 spiro atoms. The molecule has 4 atom stereocenters. The smallest absolute Gasteiger partial charge is 0.408 e. The highest BCUT2D eigenvalue weighted by Gasteiger charge is 2.49. The summed E-state index contributed by atoms with van der Waals surface area (Å²) >= 11 is 19.1. The number of alkyl carbamates (subject to hydrolysis) is 4. The SMILES string of the molecule is COC(=O)C(CCOC1CC(CCc2ccc3c(n2)CCCC3)C1)NC(=O)OC1(C)CN(S(C)(=O)=O)C1.COC(=O)C(CCOC1CC(CCc2ccc3c(n2)CCCC3)C1)NC(=O)OC1(C)CNC1.COC(=O)[C@H](CCOC1CC(CCc2ccc3c(n2)CCCC3)C1)NC(=O)OC1(C)CCC1.COC(=O)[C@H](CCOC1CC(CCc2ccc3c(n2)CCCC3)C1)NC(=O)OC1(C)CN(S(C)(=O)=O)C1.ClCCl.ClCCl. The van der Waals surface area contributed by atoms with Gasteiger partial charge in [-0.05, 0) is 323 Å². The van der Waals surface area contributed by atoms with Crippen molar-refractivity contribution < 1.29 is 112 Å². The maximum atomic E-state index is 12.4. The number of aryl methyl sites for hydroxylation is 12. The molecule has 146 heavy (non-hydrogen) atoms. The van der Waals surface area contributed by atoms with Crippen LogP contribution in [0.4, 0.5) is 19.2 Å². The van der Waals surface area contributed by atoms with Crippen LogP contribution in [-0.2, 0) is 173 Å². The Labute approximate surface area is 882 Å². The van der Waals surface area contributed by atoms with Crippen LogP contribution in [0.5, 0.6) is 0 Å². The van der Waals surface area contributed by atoms with Crippen LogP contribution in [0.15, 0.2) is 48.5 Å². The van der Waals surface area contributed by atoms with E-state index in [-0.39, 0.29) is 74.1 Å². The van der Waals surface area contributed by atoms with E-state index in [0.717, 1.165) is 173 Å². The van der Waals surface area contributed by atoms with Gasteiger partial charge in [0.25, 0.3) is 0 Å². The summed E-state index contributed by atoms with van der Waals surface area (Å²) in [5.74, 6) is 0.427. The minimum atomic E-state index is -3.33. The molecule has 9 aliphatic carbocycles. The lowest BCUT2D eigenvalue weighted by Crippen LogP contribution is -2.64. The van der Waals surface area contributed by atoms with Gasteiger partial charge in [-0.1, -0.05) is 24.3 Å². The molecule has 35 nitrogen and oxygen atoms in total. The maximum absolute atomic E-state index is 12.4. The number of aromatic nitrogens is 4. The highest BCUT2D eigenvalue weighted by molar-refractivity contribution is 7.88. The molecule has 3 aliphatic heterocycles. The first-order chi connectivity index (χ1) is 69.8. The Morgan fingerprint density at radius 2 is 0.582 bits per heavy atom. The monoisotopic (exact) mass is 2160 g/mol. The lowest BCUT2D eigenvalue weighted by molar-refractivity contribution is -0.145. The van der Waals surface area contributed by atoms with Crippen LogP contribution in [0.3, 0.4) is 0 Å². The number of carbonyl (C=O) groups excluding carboxylic acids is 8. The molecule has 4 aromatic heterocycles. The summed E-state index contributed by atoms with van der Waals surface area (Å²) in [7, 11) is -1.50. The number of nitrogens with zero attached hydrogens (tertiary/aromatic N) is 6. The van der Waals surface area contributed by atoms with Crippen molar-refractivity contribution in [3.05, 3.63) is 116 Å². The Kier molecular flexibility index (Phi) is 46.9. The van der Waals surface area contributed by atoms with Crippen LogP contribution in [0.25, 0.3) is 0 Å². The van der Waals surface area contributed by atoms with E-state index in [0.29, 0.717) is 76.0 Å². The fourth-order valence-electron chi connectivity index (χ4n) is 20.5. The highest BCUT2D eigenvalue weighted by Crippen LogP contribution is 2.41. The van der Waals surface area contributed by atoms with E-state index in [1.165, 1.54) is 169 Å². The number of esters is 4. The topological polar surface area (TPSA) is 434 Å². The number of nitrogens with one attached hydrogen (secondary N) is 5. The average Bonchev–Trinajstić information content (AvgIpc) is 0.775. The van der Waals surface area contributed by atoms with Crippen LogP contribution in [0.2, 0.25) is 0 Å². The van der Waals surface area contributed by atoms with E-state index < -0.39 is 115 Å². The molecule has 4 aromatic rings. The van der Waals surface area contributed by atoms with Gasteiger partial charge in [0.2, 0.25) is 20.0 Å². The predicted molar refractivity (Wildman–Crippen MR) is 553 cm³/mol. The van der Waals surface area contributed by atoms with Gasteiger partial charge in [-0.25, -0.2) is 55.2 Å². The van der Waals surface area contributed by atoms with Gasteiger partial charge < -0.3 is 83.4 Å². The highest BCUT2D eigenvalue weighted by atomic mass is 35.5. The Hall–Kier alpha value is -7.66. The number of fused-ring (bicyclic) bond motifs is 4. The van der Waals surface area contributed by atoms with E-state index in [2.05, 4.69) is 75.1 Å². The Morgan fingerprint density at radius 3 is 0.788 bits per heavy atom. The third-order valence-corrected chi connectivity index (χ3v) is 32.2. The molecule has 5 N–H and O–H groups in total. The number of methoxy groups -OCH3 is 4. The van der Waals surface area contributed by atoms with Gasteiger partial charge in [0, 0.05) is 111 Å². The number of carbonyl (C=O) groups is 8. The fourth-order valence-corrected chi connectivity index (χ4v) is 22.6. The third-order valence-electron chi connectivity index (χ3n) is 29.8.